The van der Waals surface area contributed by atoms with Crippen LogP contribution in [0, 0.1) is 0 Å². The van der Waals surface area contributed by atoms with Crippen molar-refractivity contribution in [1.29, 1.82) is 0 Å². The van der Waals surface area contributed by atoms with Crippen molar-refractivity contribution in [3.05, 3.63) is 63.6 Å². The highest BCUT2D eigenvalue weighted by atomic mass is 79.9. The number of hydrogen-bond donors (Lipinski definition) is 1. The number of carbonyl (C=O) groups excluding carboxylic acids is 2. The predicted molar refractivity (Wildman–Crippen MR) is 86.9 cm³/mol. The normalized spacial score (nSPS) is 13.4. The second-order valence-electron chi connectivity index (χ2n) is 5.21. The molecule has 1 aliphatic rings. The number of amides is 1. The van der Waals surface area contributed by atoms with E-state index in [0.717, 1.165) is 21.3 Å². The summed E-state index contributed by atoms with van der Waals surface area (Å²) in [4.78, 5) is 25.3. The summed E-state index contributed by atoms with van der Waals surface area (Å²) < 4.78 is 0.966. The van der Waals surface area contributed by atoms with E-state index in [1.807, 2.05) is 30.3 Å². The molecule has 0 saturated heterocycles. The molecule has 1 amide bonds. The molecule has 2 aromatic carbocycles. The molecule has 0 aliphatic carbocycles. The highest BCUT2D eigenvalue weighted by Gasteiger charge is 2.27. The number of ketones is 1. The van der Waals surface area contributed by atoms with E-state index >= 15 is 0 Å². The lowest BCUT2D eigenvalue weighted by Crippen LogP contribution is -2.26. The molecule has 0 atom stereocenters. The van der Waals surface area contributed by atoms with Crippen LogP contribution in [0.1, 0.15) is 21.5 Å². The summed E-state index contributed by atoms with van der Waals surface area (Å²) in [6, 6.07) is 12.8. The van der Waals surface area contributed by atoms with Crippen molar-refractivity contribution in [2.45, 2.75) is 13.0 Å². The number of aliphatic hydroxyl groups excluding tert-OH is 1. The molecule has 0 radical (unpaired) electrons. The van der Waals surface area contributed by atoms with Crippen molar-refractivity contribution >= 4 is 33.3 Å². The Morgan fingerprint density at radius 3 is 2.59 bits per heavy atom. The number of hydrogen-bond acceptors (Lipinski definition) is 3. The molecule has 0 unspecified atom stereocenters. The summed E-state index contributed by atoms with van der Waals surface area (Å²) in [6.45, 7) is -0.0206. The van der Waals surface area contributed by atoms with Crippen molar-refractivity contribution < 1.29 is 14.7 Å². The second-order valence-corrected chi connectivity index (χ2v) is 6.12. The zero-order valence-electron chi connectivity index (χ0n) is 11.8. The number of anilines is 1. The van der Waals surface area contributed by atoms with Crippen LogP contribution in [0.3, 0.4) is 0 Å². The average Bonchev–Trinajstić information content (AvgIpc) is 2.82. The maximum atomic E-state index is 12.2. The first kappa shape index (κ1) is 14.9. The van der Waals surface area contributed by atoms with Crippen molar-refractivity contribution in [2.24, 2.45) is 0 Å². The van der Waals surface area contributed by atoms with Crippen LogP contribution >= 0.6 is 15.9 Å². The van der Waals surface area contributed by atoms with Crippen molar-refractivity contribution in [3.63, 3.8) is 0 Å². The molecule has 0 aromatic heterocycles. The number of Topliss-reactive ketones (excluding diaryl/α,β-unsaturated/α-hetero) is 1. The van der Waals surface area contributed by atoms with Gasteiger partial charge in [0.05, 0.1) is 13.0 Å². The molecule has 2 aromatic rings. The number of fused-ring (bicyclic) bond motifs is 1. The van der Waals surface area contributed by atoms with Gasteiger partial charge in [-0.3, -0.25) is 9.59 Å². The molecule has 1 aliphatic heterocycles. The van der Waals surface area contributed by atoms with Gasteiger partial charge in [0.1, 0.15) is 6.61 Å². The fraction of sp³-hybridized carbons (Fsp3) is 0.176. The van der Waals surface area contributed by atoms with Gasteiger partial charge in [0.2, 0.25) is 5.91 Å². The van der Waals surface area contributed by atoms with Crippen LogP contribution in [-0.4, -0.2) is 23.4 Å². The molecule has 0 bridgehead atoms. The quantitative estimate of drug-likeness (QED) is 0.853. The highest BCUT2D eigenvalue weighted by Crippen LogP contribution is 2.32. The Balaban J connectivity index is 1.82. The zero-order valence-corrected chi connectivity index (χ0v) is 13.3. The summed E-state index contributed by atoms with van der Waals surface area (Å²) in [7, 11) is 0. The lowest BCUT2D eigenvalue weighted by atomic mass is 10.1. The maximum Gasteiger partial charge on any atom is 0.231 e. The molecule has 5 heteroatoms. The van der Waals surface area contributed by atoms with Gasteiger partial charge >= 0.3 is 0 Å². The van der Waals surface area contributed by atoms with Crippen molar-refractivity contribution in [2.75, 3.05) is 11.5 Å². The largest absolute Gasteiger partial charge is 0.388 e. The first-order valence-electron chi connectivity index (χ1n) is 6.90. The van der Waals surface area contributed by atoms with E-state index in [9.17, 15) is 9.59 Å². The van der Waals surface area contributed by atoms with Gasteiger partial charge in [-0.2, -0.15) is 0 Å². The second kappa shape index (κ2) is 6.02. The van der Waals surface area contributed by atoms with E-state index in [-0.39, 0.29) is 11.7 Å². The van der Waals surface area contributed by atoms with E-state index < -0.39 is 6.61 Å². The zero-order chi connectivity index (χ0) is 15.7. The molecule has 4 nitrogen and oxygen atoms in total. The lowest BCUT2D eigenvalue weighted by Gasteiger charge is -2.17. The van der Waals surface area contributed by atoms with Gasteiger partial charge in [0.25, 0.3) is 0 Å². The van der Waals surface area contributed by atoms with E-state index in [2.05, 4.69) is 15.9 Å². The van der Waals surface area contributed by atoms with Gasteiger partial charge < -0.3 is 10.0 Å². The van der Waals surface area contributed by atoms with Crippen molar-refractivity contribution in [1.82, 2.24) is 0 Å². The van der Waals surface area contributed by atoms with Gasteiger partial charge in [0, 0.05) is 15.7 Å². The third-order valence-electron chi connectivity index (χ3n) is 3.74. The van der Waals surface area contributed by atoms with Crippen molar-refractivity contribution in [3.8, 4) is 0 Å². The third-order valence-corrected chi connectivity index (χ3v) is 4.23. The van der Waals surface area contributed by atoms with Crippen LogP contribution in [0.15, 0.2) is 46.9 Å². The van der Waals surface area contributed by atoms with E-state index in [0.29, 0.717) is 18.5 Å². The van der Waals surface area contributed by atoms with Crippen LogP contribution in [0.25, 0.3) is 0 Å². The molecule has 0 fully saturated rings. The van der Waals surface area contributed by atoms with Crippen LogP contribution < -0.4 is 4.90 Å². The highest BCUT2D eigenvalue weighted by molar-refractivity contribution is 9.10. The maximum absolute atomic E-state index is 12.2. The summed E-state index contributed by atoms with van der Waals surface area (Å²) in [5.74, 6) is -0.234. The summed E-state index contributed by atoms with van der Waals surface area (Å²) in [5.41, 5.74) is 3.37. The standard InChI is InChI=1S/C17H14BrNO3/c18-14-5-6-15-13(7-14)8-17(22)19(15)9-11-1-3-12(4-2-11)16(21)10-20/h1-7,20H,8-10H2. The summed E-state index contributed by atoms with van der Waals surface area (Å²) in [5, 5.41) is 8.85. The molecule has 22 heavy (non-hydrogen) atoms. The minimum atomic E-state index is -0.494. The first-order chi connectivity index (χ1) is 10.6. The van der Waals surface area contributed by atoms with E-state index in [4.69, 9.17) is 5.11 Å². The molecule has 3 rings (SSSR count). The van der Waals surface area contributed by atoms with E-state index in [1.165, 1.54) is 0 Å². The Kier molecular flexibility index (Phi) is 4.09. The van der Waals surface area contributed by atoms with Crippen LogP contribution in [0.5, 0.6) is 0 Å². The summed E-state index contributed by atoms with van der Waals surface area (Å²) >= 11 is 3.42. The Hall–Kier alpha value is -1.98. The average molecular weight is 360 g/mol. The van der Waals surface area contributed by atoms with Gasteiger partial charge in [-0.1, -0.05) is 40.2 Å². The fourth-order valence-electron chi connectivity index (χ4n) is 2.59. The van der Waals surface area contributed by atoms with Crippen LogP contribution in [0.4, 0.5) is 5.69 Å². The minimum Gasteiger partial charge on any atom is -0.388 e. The molecule has 112 valence electrons. The SMILES string of the molecule is O=C(CO)c1ccc(CN2C(=O)Cc3cc(Br)ccc32)cc1. The monoisotopic (exact) mass is 359 g/mol. The fourth-order valence-corrected chi connectivity index (χ4v) is 3.00. The smallest absolute Gasteiger partial charge is 0.231 e. The van der Waals surface area contributed by atoms with Gasteiger partial charge in [-0.15, -0.1) is 0 Å². The number of rotatable bonds is 4. The molecule has 1 heterocycles. The first-order valence-corrected chi connectivity index (χ1v) is 7.69. The summed E-state index contributed by atoms with van der Waals surface area (Å²) in [6.07, 6.45) is 0.413. The molecule has 0 spiro atoms. The molecular formula is C17H14BrNO3. The molecule has 1 N–H and O–H groups in total. The van der Waals surface area contributed by atoms with Crippen LogP contribution in [0.2, 0.25) is 0 Å². The van der Waals surface area contributed by atoms with Gasteiger partial charge in [-0.25, -0.2) is 0 Å². The Morgan fingerprint density at radius 1 is 1.18 bits per heavy atom. The molecule has 0 saturated carbocycles. The Labute approximate surface area is 136 Å². The predicted octanol–water partition coefficient (Wildman–Crippen LogP) is 2.71. The minimum absolute atomic E-state index is 0.0728. The Bertz CT molecular complexity index is 740. The van der Waals surface area contributed by atoms with Gasteiger partial charge in [-0.05, 0) is 29.3 Å². The topological polar surface area (TPSA) is 57.6 Å². The third kappa shape index (κ3) is 2.82. The molecular weight excluding hydrogens is 346 g/mol. The van der Waals surface area contributed by atoms with Crippen LogP contribution in [-0.2, 0) is 17.8 Å². The lowest BCUT2D eigenvalue weighted by molar-refractivity contribution is -0.117. The number of halogens is 1. The number of nitrogens with zero attached hydrogens (tertiary/aromatic N) is 1. The number of benzene rings is 2. The van der Waals surface area contributed by atoms with E-state index in [1.54, 1.807) is 17.0 Å². The number of aliphatic hydroxyl groups is 1. The Morgan fingerprint density at radius 2 is 1.91 bits per heavy atom. The van der Waals surface area contributed by atoms with Gasteiger partial charge in [0.15, 0.2) is 5.78 Å². The number of carbonyl (C=O) groups is 2.